The fourth-order valence-electron chi connectivity index (χ4n) is 1.81. The van der Waals surface area contributed by atoms with Crippen molar-refractivity contribution in [2.75, 3.05) is 24.1 Å². The number of hydrogen-bond donors (Lipinski definition) is 3. The molecule has 3 nitrogen and oxygen atoms in total. The molecule has 0 bridgehead atoms. The highest BCUT2D eigenvalue weighted by molar-refractivity contribution is 5.50. The van der Waals surface area contributed by atoms with Crippen LogP contribution in [0.2, 0.25) is 0 Å². The van der Waals surface area contributed by atoms with E-state index in [1.807, 2.05) is 24.3 Å². The first-order valence-electron chi connectivity index (χ1n) is 6.62. The monoisotopic (exact) mass is 235 g/mol. The number of nitrogen functional groups attached to an aromatic ring is 1. The molecule has 0 aliphatic rings. The Morgan fingerprint density at radius 2 is 1.41 bits per heavy atom. The highest BCUT2D eigenvalue weighted by Gasteiger charge is 1.93. The lowest BCUT2D eigenvalue weighted by Gasteiger charge is -2.06. The van der Waals surface area contributed by atoms with E-state index in [4.69, 9.17) is 11.5 Å². The van der Waals surface area contributed by atoms with E-state index in [9.17, 15) is 0 Å². The fourth-order valence-corrected chi connectivity index (χ4v) is 1.81. The second-order valence-electron chi connectivity index (χ2n) is 4.46. The van der Waals surface area contributed by atoms with Crippen LogP contribution >= 0.6 is 0 Å². The quantitative estimate of drug-likeness (QED) is 0.455. The van der Waals surface area contributed by atoms with Crippen LogP contribution in [0.3, 0.4) is 0 Å². The Bertz CT molecular complexity index is 282. The van der Waals surface area contributed by atoms with E-state index in [1.54, 1.807) is 0 Å². The van der Waals surface area contributed by atoms with Gasteiger partial charge in [0.25, 0.3) is 0 Å². The van der Waals surface area contributed by atoms with Crippen molar-refractivity contribution in [3.05, 3.63) is 24.3 Å². The maximum Gasteiger partial charge on any atom is 0.0341 e. The molecule has 1 aromatic carbocycles. The summed E-state index contributed by atoms with van der Waals surface area (Å²) in [6.07, 6.45) is 7.62. The third-order valence-corrected chi connectivity index (χ3v) is 2.87. The number of benzene rings is 1. The maximum atomic E-state index is 5.62. The summed E-state index contributed by atoms with van der Waals surface area (Å²) >= 11 is 0. The highest BCUT2D eigenvalue weighted by atomic mass is 14.9. The number of nitrogens with one attached hydrogen (secondary N) is 1. The molecule has 96 valence electrons. The number of anilines is 2. The smallest absolute Gasteiger partial charge is 0.0341 e. The van der Waals surface area contributed by atoms with Crippen LogP contribution in [0, 0.1) is 0 Å². The van der Waals surface area contributed by atoms with Gasteiger partial charge in [0.05, 0.1) is 0 Å². The Morgan fingerprint density at radius 3 is 2.06 bits per heavy atom. The van der Waals surface area contributed by atoms with E-state index in [-0.39, 0.29) is 0 Å². The molecule has 3 heteroatoms. The Kier molecular flexibility index (Phi) is 7.23. The molecule has 0 aromatic heterocycles. The van der Waals surface area contributed by atoms with Crippen molar-refractivity contribution in [2.45, 2.75) is 38.5 Å². The molecule has 0 radical (unpaired) electrons. The van der Waals surface area contributed by atoms with Crippen LogP contribution < -0.4 is 16.8 Å². The van der Waals surface area contributed by atoms with Crippen molar-refractivity contribution in [1.82, 2.24) is 0 Å². The zero-order valence-corrected chi connectivity index (χ0v) is 10.6. The molecule has 1 aromatic rings. The van der Waals surface area contributed by atoms with Crippen LogP contribution in [-0.2, 0) is 0 Å². The van der Waals surface area contributed by atoms with Crippen LogP contribution in [0.1, 0.15) is 38.5 Å². The zero-order chi connectivity index (χ0) is 12.3. The topological polar surface area (TPSA) is 64.1 Å². The average Bonchev–Trinajstić information content (AvgIpc) is 2.35. The normalized spacial score (nSPS) is 10.4. The summed E-state index contributed by atoms with van der Waals surface area (Å²) in [6.45, 7) is 1.87. The zero-order valence-electron chi connectivity index (χ0n) is 10.6. The molecule has 0 saturated heterocycles. The van der Waals surface area contributed by atoms with Crippen molar-refractivity contribution in [3.8, 4) is 0 Å². The molecule has 0 atom stereocenters. The lowest BCUT2D eigenvalue weighted by Crippen LogP contribution is -2.01. The van der Waals surface area contributed by atoms with Crippen LogP contribution in [0.15, 0.2) is 24.3 Å². The summed E-state index contributed by atoms with van der Waals surface area (Å²) in [6, 6.07) is 7.90. The van der Waals surface area contributed by atoms with Crippen LogP contribution in [-0.4, -0.2) is 13.1 Å². The molecule has 1 rings (SSSR count). The standard InChI is InChI=1S/C14H25N3/c15-11-5-3-1-2-4-6-12-17-14-9-7-13(16)8-10-14/h7-10,17H,1-6,11-12,15-16H2. The van der Waals surface area contributed by atoms with Gasteiger partial charge in [-0.2, -0.15) is 0 Å². The molecule has 0 aliphatic carbocycles. The molecule has 17 heavy (non-hydrogen) atoms. The van der Waals surface area contributed by atoms with Gasteiger partial charge in [0.2, 0.25) is 0 Å². The lowest BCUT2D eigenvalue weighted by atomic mass is 10.1. The van der Waals surface area contributed by atoms with E-state index in [0.717, 1.165) is 24.5 Å². The Labute approximate surface area is 105 Å². The van der Waals surface area contributed by atoms with Gasteiger partial charge < -0.3 is 16.8 Å². The second kappa shape index (κ2) is 8.88. The summed E-state index contributed by atoms with van der Waals surface area (Å²) < 4.78 is 0. The SMILES string of the molecule is NCCCCCCCCNc1ccc(N)cc1. The van der Waals surface area contributed by atoms with Crippen LogP contribution in [0.25, 0.3) is 0 Å². The number of rotatable bonds is 9. The van der Waals surface area contributed by atoms with Crippen molar-refractivity contribution < 1.29 is 0 Å². The van der Waals surface area contributed by atoms with Gasteiger partial charge in [0, 0.05) is 17.9 Å². The van der Waals surface area contributed by atoms with Gasteiger partial charge in [-0.05, 0) is 43.7 Å². The third-order valence-electron chi connectivity index (χ3n) is 2.87. The highest BCUT2D eigenvalue weighted by Crippen LogP contribution is 2.11. The average molecular weight is 235 g/mol. The molecule has 0 aliphatic heterocycles. The number of hydrogen-bond acceptors (Lipinski definition) is 3. The first kappa shape index (κ1) is 13.8. The van der Waals surface area contributed by atoms with Gasteiger partial charge in [0.1, 0.15) is 0 Å². The minimum atomic E-state index is 0.815. The molecule has 0 saturated carbocycles. The van der Waals surface area contributed by atoms with Crippen molar-refractivity contribution in [1.29, 1.82) is 0 Å². The summed E-state index contributed by atoms with van der Waals surface area (Å²) in [5, 5.41) is 3.40. The van der Waals surface area contributed by atoms with Gasteiger partial charge in [-0.25, -0.2) is 0 Å². The fraction of sp³-hybridized carbons (Fsp3) is 0.571. The van der Waals surface area contributed by atoms with E-state index >= 15 is 0 Å². The van der Waals surface area contributed by atoms with Gasteiger partial charge in [-0.15, -0.1) is 0 Å². The van der Waals surface area contributed by atoms with E-state index in [1.165, 1.54) is 38.5 Å². The minimum absolute atomic E-state index is 0.815. The predicted octanol–water partition coefficient (Wildman–Crippen LogP) is 2.98. The molecular formula is C14H25N3. The molecular weight excluding hydrogens is 210 g/mol. The molecule has 0 spiro atoms. The summed E-state index contributed by atoms with van der Waals surface area (Å²) in [7, 11) is 0. The second-order valence-corrected chi connectivity index (χ2v) is 4.46. The molecule has 0 heterocycles. The largest absolute Gasteiger partial charge is 0.399 e. The van der Waals surface area contributed by atoms with Crippen LogP contribution in [0.4, 0.5) is 11.4 Å². The Hall–Kier alpha value is -1.22. The maximum absolute atomic E-state index is 5.62. The van der Waals surface area contributed by atoms with Crippen molar-refractivity contribution in [3.63, 3.8) is 0 Å². The first-order chi connectivity index (χ1) is 8.33. The van der Waals surface area contributed by atoms with E-state index in [2.05, 4.69) is 5.32 Å². The van der Waals surface area contributed by atoms with Crippen LogP contribution in [0.5, 0.6) is 0 Å². The predicted molar refractivity (Wildman–Crippen MR) is 76.1 cm³/mol. The molecule has 0 amide bonds. The number of nitrogens with two attached hydrogens (primary N) is 2. The Balaban J connectivity index is 1.95. The molecule has 0 unspecified atom stereocenters. The minimum Gasteiger partial charge on any atom is -0.399 e. The lowest BCUT2D eigenvalue weighted by molar-refractivity contribution is 0.605. The molecule has 0 fully saturated rings. The molecule has 5 N–H and O–H groups in total. The van der Waals surface area contributed by atoms with E-state index < -0.39 is 0 Å². The summed E-state index contributed by atoms with van der Waals surface area (Å²) in [4.78, 5) is 0. The first-order valence-corrected chi connectivity index (χ1v) is 6.62. The van der Waals surface area contributed by atoms with Gasteiger partial charge in [-0.1, -0.05) is 25.7 Å². The van der Waals surface area contributed by atoms with Crippen molar-refractivity contribution >= 4 is 11.4 Å². The van der Waals surface area contributed by atoms with E-state index in [0.29, 0.717) is 0 Å². The summed E-state index contributed by atoms with van der Waals surface area (Å²) in [5.74, 6) is 0. The van der Waals surface area contributed by atoms with Gasteiger partial charge >= 0.3 is 0 Å². The number of unbranched alkanes of at least 4 members (excludes halogenated alkanes) is 5. The van der Waals surface area contributed by atoms with Gasteiger partial charge in [0.15, 0.2) is 0 Å². The Morgan fingerprint density at radius 1 is 0.824 bits per heavy atom. The van der Waals surface area contributed by atoms with Crippen molar-refractivity contribution in [2.24, 2.45) is 5.73 Å². The van der Waals surface area contributed by atoms with Gasteiger partial charge in [-0.3, -0.25) is 0 Å². The summed E-state index contributed by atoms with van der Waals surface area (Å²) in [5.41, 5.74) is 13.0. The third kappa shape index (κ3) is 6.84.